The molecule has 1 saturated heterocycles. The van der Waals surface area contributed by atoms with Crippen molar-refractivity contribution >= 4 is 5.97 Å². The lowest BCUT2D eigenvalue weighted by atomic mass is 10.3. The van der Waals surface area contributed by atoms with Crippen LogP contribution >= 0.6 is 0 Å². The van der Waals surface area contributed by atoms with E-state index in [9.17, 15) is 4.79 Å². The minimum absolute atomic E-state index is 0.377. The van der Waals surface area contributed by atoms with Crippen LogP contribution < -0.4 is 4.74 Å². The summed E-state index contributed by atoms with van der Waals surface area (Å²) in [6, 6.07) is 8.43. The Morgan fingerprint density at radius 1 is 1.31 bits per heavy atom. The lowest BCUT2D eigenvalue weighted by molar-refractivity contribution is -0.156. The smallest absolute Gasteiger partial charge is 0.474 e. The first-order valence-corrected chi connectivity index (χ1v) is 3.57. The molecule has 0 amide bonds. The number of carboxylic acid groups (broad SMARTS) is 1. The summed E-state index contributed by atoms with van der Waals surface area (Å²) in [6.07, 6.45) is 0. The van der Waals surface area contributed by atoms with Crippen molar-refractivity contribution in [3.63, 3.8) is 0 Å². The highest BCUT2D eigenvalue weighted by Crippen LogP contribution is 2.32. The summed E-state index contributed by atoms with van der Waals surface area (Å²) in [7, 11) is 0. The topological polar surface area (TPSA) is 71.6 Å². The molecule has 2 rings (SSSR count). The van der Waals surface area contributed by atoms with Gasteiger partial charge in [0, 0.05) is 0 Å². The number of para-hydroxylation sites is 1. The highest BCUT2D eigenvalue weighted by atomic mass is 17.5. The Bertz CT molecular complexity index is 317. The van der Waals surface area contributed by atoms with E-state index in [0.29, 0.717) is 5.75 Å². The number of rotatable bonds is 3. The Morgan fingerprint density at radius 3 is 2.38 bits per heavy atom. The predicted molar refractivity (Wildman–Crippen MR) is 39.6 cm³/mol. The number of hydrogen-bond acceptors (Lipinski definition) is 4. The van der Waals surface area contributed by atoms with Crippen LogP contribution in [0.15, 0.2) is 30.3 Å². The Hall–Kier alpha value is -1.59. The van der Waals surface area contributed by atoms with Gasteiger partial charge < -0.3 is 9.84 Å². The molecule has 1 N–H and O–H groups in total. The third kappa shape index (κ3) is 1.47. The van der Waals surface area contributed by atoms with E-state index >= 15 is 0 Å². The van der Waals surface area contributed by atoms with Crippen LogP contribution in [-0.4, -0.2) is 17.0 Å². The Kier molecular flexibility index (Phi) is 1.68. The number of carbonyl (C=O) groups is 1. The molecule has 0 atom stereocenters. The lowest BCUT2D eigenvalue weighted by Gasteiger charge is -2.04. The van der Waals surface area contributed by atoms with Gasteiger partial charge in [0.2, 0.25) is 0 Å². The molecule has 0 unspecified atom stereocenters. The van der Waals surface area contributed by atoms with Crippen LogP contribution in [0.2, 0.25) is 0 Å². The van der Waals surface area contributed by atoms with E-state index in [4.69, 9.17) is 9.84 Å². The maximum Gasteiger partial charge on any atom is 0.484 e. The summed E-state index contributed by atoms with van der Waals surface area (Å²) < 4.78 is 4.93. The van der Waals surface area contributed by atoms with Gasteiger partial charge in [0.15, 0.2) is 0 Å². The van der Waals surface area contributed by atoms with Crippen molar-refractivity contribution in [2.75, 3.05) is 0 Å². The number of hydrogen-bond donors (Lipinski definition) is 1. The Balaban J connectivity index is 2.11. The fourth-order valence-corrected chi connectivity index (χ4v) is 0.830. The first kappa shape index (κ1) is 8.03. The zero-order valence-corrected chi connectivity index (χ0v) is 6.47. The number of ether oxygens (including phenoxy) is 1. The standard InChI is InChI=1S/C8H6O5/c9-7(10)8(12-13-8)11-6-4-2-1-3-5-6/h1-5H,(H,9,10). The minimum atomic E-state index is -1.93. The second-order valence-corrected chi connectivity index (χ2v) is 2.44. The van der Waals surface area contributed by atoms with Gasteiger partial charge in [-0.25, -0.2) is 4.79 Å². The van der Waals surface area contributed by atoms with Gasteiger partial charge in [0.05, 0.1) is 0 Å². The maximum absolute atomic E-state index is 10.5. The maximum atomic E-state index is 10.5. The third-order valence-corrected chi connectivity index (χ3v) is 1.49. The lowest BCUT2D eigenvalue weighted by Crippen LogP contribution is -2.30. The molecular formula is C8H6O5. The monoisotopic (exact) mass is 182 g/mol. The van der Waals surface area contributed by atoms with E-state index < -0.39 is 11.9 Å². The first-order chi connectivity index (χ1) is 6.23. The van der Waals surface area contributed by atoms with Crippen LogP contribution in [0.4, 0.5) is 0 Å². The summed E-state index contributed by atoms with van der Waals surface area (Å²) in [4.78, 5) is 19.0. The molecule has 1 fully saturated rings. The molecule has 13 heavy (non-hydrogen) atoms. The van der Waals surface area contributed by atoms with Crippen LogP contribution in [-0.2, 0) is 14.6 Å². The Morgan fingerprint density at radius 2 is 1.92 bits per heavy atom. The predicted octanol–water partition coefficient (Wildman–Crippen LogP) is 0.766. The van der Waals surface area contributed by atoms with E-state index in [2.05, 4.69) is 9.78 Å². The van der Waals surface area contributed by atoms with Gasteiger partial charge in [-0.1, -0.05) is 18.2 Å². The molecule has 1 aliphatic rings. The summed E-state index contributed by atoms with van der Waals surface area (Å²) in [5.41, 5.74) is 0. The molecule has 1 aromatic carbocycles. The highest BCUT2D eigenvalue weighted by molar-refractivity contribution is 5.75. The number of benzene rings is 1. The molecular weight excluding hydrogens is 176 g/mol. The summed E-state index contributed by atoms with van der Waals surface area (Å²) in [5, 5.41) is 8.59. The normalized spacial score (nSPS) is 17.8. The van der Waals surface area contributed by atoms with Crippen molar-refractivity contribution in [3.05, 3.63) is 30.3 Å². The van der Waals surface area contributed by atoms with Gasteiger partial charge in [0.1, 0.15) is 5.75 Å². The molecule has 0 spiro atoms. The molecule has 5 heteroatoms. The zero-order valence-electron chi connectivity index (χ0n) is 6.47. The first-order valence-electron chi connectivity index (χ1n) is 3.57. The van der Waals surface area contributed by atoms with E-state index in [1.165, 1.54) is 0 Å². The van der Waals surface area contributed by atoms with Gasteiger partial charge in [-0.15, -0.1) is 9.78 Å². The van der Waals surface area contributed by atoms with Crippen molar-refractivity contribution in [1.82, 2.24) is 0 Å². The summed E-state index contributed by atoms with van der Waals surface area (Å²) in [6.45, 7) is 0. The quantitative estimate of drug-likeness (QED) is 0.552. The number of carboxylic acids is 1. The van der Waals surface area contributed by atoms with Crippen molar-refractivity contribution in [2.45, 2.75) is 5.97 Å². The van der Waals surface area contributed by atoms with E-state index in [0.717, 1.165) is 0 Å². The van der Waals surface area contributed by atoms with Crippen LogP contribution in [0, 0.1) is 0 Å². The van der Waals surface area contributed by atoms with E-state index in [1.54, 1.807) is 30.3 Å². The SMILES string of the molecule is O=C(O)C1(Oc2ccccc2)OO1. The molecule has 0 saturated carbocycles. The van der Waals surface area contributed by atoms with E-state index in [1.807, 2.05) is 0 Å². The van der Waals surface area contributed by atoms with Crippen molar-refractivity contribution in [3.8, 4) is 5.75 Å². The fraction of sp³-hybridized carbons (Fsp3) is 0.125. The van der Waals surface area contributed by atoms with Crippen LogP contribution in [0.3, 0.4) is 0 Å². The highest BCUT2D eigenvalue weighted by Gasteiger charge is 2.62. The largest absolute Gasteiger partial charge is 0.484 e. The molecule has 1 aromatic rings. The average Bonchev–Trinajstić information content (AvgIpc) is 2.87. The van der Waals surface area contributed by atoms with E-state index in [-0.39, 0.29) is 0 Å². The van der Waals surface area contributed by atoms with Crippen molar-refractivity contribution < 1.29 is 24.4 Å². The van der Waals surface area contributed by atoms with Gasteiger partial charge in [-0.3, -0.25) is 0 Å². The van der Waals surface area contributed by atoms with Crippen molar-refractivity contribution in [1.29, 1.82) is 0 Å². The Labute approximate surface area is 73.4 Å². The summed E-state index contributed by atoms with van der Waals surface area (Å²) in [5.74, 6) is -2.86. The van der Waals surface area contributed by atoms with Gasteiger partial charge >= 0.3 is 11.9 Å². The van der Waals surface area contributed by atoms with Crippen LogP contribution in [0.25, 0.3) is 0 Å². The third-order valence-electron chi connectivity index (χ3n) is 1.49. The van der Waals surface area contributed by atoms with Crippen molar-refractivity contribution in [2.24, 2.45) is 0 Å². The fourth-order valence-electron chi connectivity index (χ4n) is 0.830. The molecule has 5 nitrogen and oxygen atoms in total. The average molecular weight is 182 g/mol. The zero-order chi connectivity index (χ0) is 9.31. The van der Waals surface area contributed by atoms with Gasteiger partial charge in [0.25, 0.3) is 0 Å². The minimum Gasteiger partial charge on any atom is -0.474 e. The molecule has 0 radical (unpaired) electrons. The van der Waals surface area contributed by atoms with Crippen LogP contribution in [0.5, 0.6) is 5.75 Å². The molecule has 1 aliphatic heterocycles. The molecule has 0 bridgehead atoms. The van der Waals surface area contributed by atoms with Gasteiger partial charge in [-0.2, -0.15) is 0 Å². The number of aliphatic carboxylic acids is 1. The second-order valence-electron chi connectivity index (χ2n) is 2.44. The van der Waals surface area contributed by atoms with Crippen LogP contribution in [0.1, 0.15) is 0 Å². The second kappa shape index (κ2) is 2.72. The van der Waals surface area contributed by atoms with Gasteiger partial charge in [-0.05, 0) is 12.1 Å². The molecule has 1 heterocycles. The molecule has 68 valence electrons. The molecule has 0 aromatic heterocycles. The molecule has 0 aliphatic carbocycles. The summed E-state index contributed by atoms with van der Waals surface area (Å²) >= 11 is 0.